The van der Waals surface area contributed by atoms with Crippen molar-refractivity contribution in [3.05, 3.63) is 35.9 Å². The Balaban J connectivity index is 2.81. The van der Waals surface area contributed by atoms with E-state index in [1.165, 1.54) is 0 Å². The molecule has 13 nitrogen and oxygen atoms in total. The van der Waals surface area contributed by atoms with Crippen LogP contribution < -0.4 is 33.2 Å². The van der Waals surface area contributed by atoms with Crippen LogP contribution in [0, 0.1) is 0 Å². The number of carboxylic acid groups (broad SMARTS) is 1. The van der Waals surface area contributed by atoms with E-state index in [1.807, 2.05) is 0 Å². The molecule has 0 fully saturated rings. The number of nitrogens with one attached hydrogen (secondary N) is 3. The Labute approximate surface area is 195 Å². The number of aliphatic carboxylic acids is 1. The van der Waals surface area contributed by atoms with E-state index in [1.54, 1.807) is 30.3 Å². The predicted octanol–water partition coefficient (Wildman–Crippen LogP) is -2.74. The topological polar surface area (TPSA) is 237 Å². The van der Waals surface area contributed by atoms with Gasteiger partial charge in [-0.05, 0) is 18.4 Å². The fraction of sp³-hybridized carbons (Fsp3) is 0.429. The van der Waals surface area contributed by atoms with Gasteiger partial charge in [-0.3, -0.25) is 24.0 Å². The lowest BCUT2D eigenvalue weighted by Gasteiger charge is -2.22. The largest absolute Gasteiger partial charge is 0.480 e. The summed E-state index contributed by atoms with van der Waals surface area (Å²) in [5, 5.41) is 16.4. The second kappa shape index (κ2) is 14.2. The van der Waals surface area contributed by atoms with E-state index in [0.717, 1.165) is 0 Å². The fourth-order valence-corrected chi connectivity index (χ4v) is 2.85. The van der Waals surface area contributed by atoms with Crippen LogP contribution in [0.2, 0.25) is 0 Å². The molecule has 0 heterocycles. The minimum Gasteiger partial charge on any atom is -0.480 e. The molecule has 1 rings (SSSR count). The zero-order valence-corrected chi connectivity index (χ0v) is 18.5. The van der Waals surface area contributed by atoms with Crippen LogP contribution in [0.15, 0.2) is 30.3 Å². The highest BCUT2D eigenvalue weighted by Gasteiger charge is 2.27. The van der Waals surface area contributed by atoms with Gasteiger partial charge in [0.15, 0.2) is 0 Å². The number of carbonyl (C=O) groups excluding carboxylic acids is 5. The molecule has 0 aromatic heterocycles. The van der Waals surface area contributed by atoms with Gasteiger partial charge in [-0.2, -0.15) is 0 Å². The number of carbonyl (C=O) groups is 6. The molecule has 1 aromatic rings. The average Bonchev–Trinajstić information content (AvgIpc) is 2.78. The van der Waals surface area contributed by atoms with Crippen molar-refractivity contribution in [3.63, 3.8) is 0 Å². The molecule has 13 heteroatoms. The summed E-state index contributed by atoms with van der Waals surface area (Å²) in [6.45, 7) is -0.508. The number of benzene rings is 1. The van der Waals surface area contributed by atoms with Crippen LogP contribution >= 0.6 is 0 Å². The molecule has 0 bridgehead atoms. The zero-order valence-electron chi connectivity index (χ0n) is 18.5. The van der Waals surface area contributed by atoms with E-state index in [9.17, 15) is 33.9 Å². The number of primary amides is 2. The highest BCUT2D eigenvalue weighted by molar-refractivity contribution is 5.93. The Morgan fingerprint density at radius 3 is 1.97 bits per heavy atom. The molecule has 10 N–H and O–H groups in total. The Morgan fingerprint density at radius 2 is 1.41 bits per heavy atom. The van der Waals surface area contributed by atoms with E-state index in [4.69, 9.17) is 17.2 Å². The minimum atomic E-state index is -1.39. The Kier molecular flexibility index (Phi) is 11.7. The maximum absolute atomic E-state index is 12.8. The number of nitrogens with two attached hydrogens (primary N) is 3. The molecule has 3 atom stereocenters. The van der Waals surface area contributed by atoms with Crippen LogP contribution in [0.5, 0.6) is 0 Å². The van der Waals surface area contributed by atoms with E-state index in [0.29, 0.717) is 5.56 Å². The maximum atomic E-state index is 12.8. The van der Waals surface area contributed by atoms with Gasteiger partial charge in [0.25, 0.3) is 0 Å². The van der Waals surface area contributed by atoms with E-state index in [2.05, 4.69) is 16.0 Å². The van der Waals surface area contributed by atoms with Gasteiger partial charge in [-0.1, -0.05) is 30.3 Å². The van der Waals surface area contributed by atoms with Crippen molar-refractivity contribution >= 4 is 35.5 Å². The lowest BCUT2D eigenvalue weighted by molar-refractivity contribution is -0.142. The Morgan fingerprint density at radius 1 is 0.824 bits per heavy atom. The van der Waals surface area contributed by atoms with Crippen LogP contribution in [-0.4, -0.2) is 65.3 Å². The smallest absolute Gasteiger partial charge is 0.326 e. The predicted molar refractivity (Wildman–Crippen MR) is 119 cm³/mol. The standard InChI is InChI=1S/C21H30N6O7/c22-13(6-8-16(23)28)19(31)25-11-18(30)26-15(10-12-4-2-1-3-5-12)20(32)27-14(21(33)34)7-9-17(24)29/h1-5,13-15H,6-11,22H2,(H2,23,28)(H2,24,29)(H,25,31)(H,26,30)(H,27,32)(H,33,34). The van der Waals surface area contributed by atoms with Crippen LogP contribution in [0.4, 0.5) is 0 Å². The van der Waals surface area contributed by atoms with Gasteiger partial charge in [0.2, 0.25) is 29.5 Å². The molecule has 0 saturated carbocycles. The van der Waals surface area contributed by atoms with Gasteiger partial charge in [-0.25, -0.2) is 4.79 Å². The van der Waals surface area contributed by atoms with Crippen LogP contribution in [0.3, 0.4) is 0 Å². The summed E-state index contributed by atoms with van der Waals surface area (Å²) in [7, 11) is 0. The molecular weight excluding hydrogens is 448 g/mol. The first-order valence-electron chi connectivity index (χ1n) is 10.5. The Hall–Kier alpha value is -4.00. The average molecular weight is 479 g/mol. The van der Waals surface area contributed by atoms with Gasteiger partial charge in [0.1, 0.15) is 12.1 Å². The summed E-state index contributed by atoms with van der Waals surface area (Å²) in [5.74, 6) is -4.91. The molecule has 0 spiro atoms. The molecule has 186 valence electrons. The van der Waals surface area contributed by atoms with Crippen LogP contribution in [0.25, 0.3) is 0 Å². The second-order valence-electron chi connectivity index (χ2n) is 7.54. The third-order valence-corrected chi connectivity index (χ3v) is 4.69. The third kappa shape index (κ3) is 11.0. The van der Waals surface area contributed by atoms with Gasteiger partial charge in [-0.15, -0.1) is 0 Å². The second-order valence-corrected chi connectivity index (χ2v) is 7.54. The number of amides is 5. The summed E-state index contributed by atoms with van der Waals surface area (Å²) in [4.78, 5) is 70.3. The van der Waals surface area contributed by atoms with Crippen molar-refractivity contribution < 1.29 is 33.9 Å². The monoisotopic (exact) mass is 478 g/mol. The lowest BCUT2D eigenvalue weighted by atomic mass is 10.0. The zero-order chi connectivity index (χ0) is 25.7. The molecule has 3 unspecified atom stereocenters. The summed E-state index contributed by atoms with van der Waals surface area (Å²) < 4.78 is 0. The quantitative estimate of drug-likeness (QED) is 0.139. The van der Waals surface area contributed by atoms with Crippen LogP contribution in [-0.2, 0) is 35.2 Å². The summed E-state index contributed by atoms with van der Waals surface area (Å²) >= 11 is 0. The van der Waals surface area contributed by atoms with E-state index in [-0.39, 0.29) is 32.1 Å². The summed E-state index contributed by atoms with van der Waals surface area (Å²) in [6.07, 6.45) is -0.534. The maximum Gasteiger partial charge on any atom is 0.326 e. The fourth-order valence-electron chi connectivity index (χ4n) is 2.85. The normalized spacial score (nSPS) is 13.1. The molecule has 0 radical (unpaired) electrons. The molecule has 34 heavy (non-hydrogen) atoms. The number of rotatable bonds is 15. The number of hydrogen-bond donors (Lipinski definition) is 7. The van der Waals surface area contributed by atoms with Crippen molar-refractivity contribution in [2.45, 2.75) is 50.2 Å². The molecular formula is C21H30N6O7. The number of hydrogen-bond acceptors (Lipinski definition) is 7. The lowest BCUT2D eigenvalue weighted by Crippen LogP contribution is -2.54. The number of carboxylic acids is 1. The molecule has 0 aliphatic heterocycles. The van der Waals surface area contributed by atoms with Crippen LogP contribution in [0.1, 0.15) is 31.2 Å². The van der Waals surface area contributed by atoms with Crippen molar-refractivity contribution in [1.82, 2.24) is 16.0 Å². The SMILES string of the molecule is NC(=O)CCC(N)C(=O)NCC(=O)NC(Cc1ccccc1)C(=O)NC(CCC(N)=O)C(=O)O. The van der Waals surface area contributed by atoms with Crippen molar-refractivity contribution in [1.29, 1.82) is 0 Å². The van der Waals surface area contributed by atoms with E-state index < -0.39 is 60.2 Å². The molecule has 0 saturated heterocycles. The van der Waals surface area contributed by atoms with E-state index >= 15 is 0 Å². The van der Waals surface area contributed by atoms with Gasteiger partial charge < -0.3 is 38.3 Å². The molecule has 0 aliphatic carbocycles. The van der Waals surface area contributed by atoms with Gasteiger partial charge in [0, 0.05) is 19.3 Å². The first-order chi connectivity index (χ1) is 16.0. The first-order valence-corrected chi connectivity index (χ1v) is 10.5. The molecule has 0 aliphatic rings. The highest BCUT2D eigenvalue weighted by Crippen LogP contribution is 2.05. The first kappa shape index (κ1) is 28.0. The van der Waals surface area contributed by atoms with Gasteiger partial charge >= 0.3 is 5.97 Å². The van der Waals surface area contributed by atoms with Crippen molar-refractivity contribution in [3.8, 4) is 0 Å². The molecule has 5 amide bonds. The molecule has 1 aromatic carbocycles. The van der Waals surface area contributed by atoms with Gasteiger partial charge in [0.05, 0.1) is 12.6 Å². The third-order valence-electron chi connectivity index (χ3n) is 4.69. The minimum absolute atomic E-state index is 0.00367. The van der Waals surface area contributed by atoms with Crippen molar-refractivity contribution in [2.24, 2.45) is 17.2 Å². The highest BCUT2D eigenvalue weighted by atomic mass is 16.4. The Bertz CT molecular complexity index is 893. The summed E-state index contributed by atoms with van der Waals surface area (Å²) in [5.41, 5.74) is 16.4. The summed E-state index contributed by atoms with van der Waals surface area (Å²) in [6, 6.07) is 5.04. The van der Waals surface area contributed by atoms with Crippen molar-refractivity contribution in [2.75, 3.05) is 6.54 Å².